The van der Waals surface area contributed by atoms with Crippen molar-refractivity contribution in [2.75, 3.05) is 25.0 Å². The first-order valence-corrected chi connectivity index (χ1v) is 12.1. The highest BCUT2D eigenvalue weighted by molar-refractivity contribution is 7.89. The average molecular weight is 464 g/mol. The number of fused-ring (bicyclic) bond motifs is 1. The van der Waals surface area contributed by atoms with Crippen molar-refractivity contribution in [1.29, 1.82) is 0 Å². The second-order valence-corrected chi connectivity index (χ2v) is 10.5. The summed E-state index contributed by atoms with van der Waals surface area (Å²) in [6, 6.07) is 10.3. The first-order valence-electron chi connectivity index (χ1n) is 9.81. The summed E-state index contributed by atoms with van der Waals surface area (Å²) in [6.07, 6.45) is -0.398. The van der Waals surface area contributed by atoms with Gasteiger partial charge in [-0.25, -0.2) is 17.8 Å². The summed E-state index contributed by atoms with van der Waals surface area (Å²) >= 11 is 1.25. The zero-order valence-electron chi connectivity index (χ0n) is 17.0. The van der Waals surface area contributed by atoms with Crippen LogP contribution in [0.4, 0.5) is 9.52 Å². The number of nitrogens with one attached hydrogen (secondary N) is 1. The Kier molecular flexibility index (Phi) is 6.07. The minimum Gasteiger partial charge on any atom is -0.373 e. The number of thiazole rings is 1. The van der Waals surface area contributed by atoms with Crippen LogP contribution < -0.4 is 5.32 Å². The lowest BCUT2D eigenvalue weighted by atomic mass is 10.1. The topological polar surface area (TPSA) is 88.6 Å². The number of benzene rings is 2. The van der Waals surface area contributed by atoms with Gasteiger partial charge in [-0.15, -0.1) is 0 Å². The van der Waals surface area contributed by atoms with Crippen molar-refractivity contribution < 1.29 is 22.3 Å². The van der Waals surface area contributed by atoms with Crippen LogP contribution in [0.1, 0.15) is 24.2 Å². The molecule has 1 N–H and O–H groups in total. The van der Waals surface area contributed by atoms with Crippen LogP contribution in [0, 0.1) is 5.82 Å². The fourth-order valence-electron chi connectivity index (χ4n) is 3.54. The largest absolute Gasteiger partial charge is 0.373 e. The molecule has 2 unspecified atom stereocenters. The van der Waals surface area contributed by atoms with Crippen LogP contribution in [-0.4, -0.2) is 55.3 Å². The number of morpholine rings is 1. The van der Waals surface area contributed by atoms with Crippen LogP contribution >= 0.6 is 11.3 Å². The molecule has 2 atom stereocenters. The third-order valence-corrected chi connectivity index (χ3v) is 7.73. The molecule has 7 nitrogen and oxygen atoms in total. The minimum atomic E-state index is -3.74. The van der Waals surface area contributed by atoms with Crippen molar-refractivity contribution >= 4 is 42.5 Å². The molecule has 1 aliphatic rings. The highest BCUT2D eigenvalue weighted by atomic mass is 32.2. The van der Waals surface area contributed by atoms with E-state index in [9.17, 15) is 17.6 Å². The molecular weight excluding hydrogens is 441 g/mol. The van der Waals surface area contributed by atoms with E-state index < -0.39 is 10.0 Å². The lowest BCUT2D eigenvalue weighted by molar-refractivity contribution is -0.0440. The predicted molar refractivity (Wildman–Crippen MR) is 118 cm³/mol. The number of hydrogen-bond acceptors (Lipinski definition) is 7. The Bertz CT molecular complexity index is 1220. The summed E-state index contributed by atoms with van der Waals surface area (Å²) in [7, 11) is -3.74. The molecule has 2 heterocycles. The van der Waals surface area contributed by atoms with Gasteiger partial charge in [0.1, 0.15) is 5.82 Å². The van der Waals surface area contributed by atoms with Crippen molar-refractivity contribution in [3.8, 4) is 0 Å². The van der Waals surface area contributed by atoms with E-state index in [0.717, 1.165) is 0 Å². The summed E-state index contributed by atoms with van der Waals surface area (Å²) in [5.74, 6) is -0.618. The van der Waals surface area contributed by atoms with E-state index in [1.54, 1.807) is 18.2 Å². The molecule has 3 aromatic rings. The number of hydrogen-bond donors (Lipinski definition) is 1. The Labute approximate surface area is 183 Å². The molecule has 1 aromatic heterocycles. The molecule has 1 fully saturated rings. The molecule has 10 heteroatoms. The molecule has 4 rings (SSSR count). The summed E-state index contributed by atoms with van der Waals surface area (Å²) in [4.78, 5) is 17.1. The first kappa shape index (κ1) is 21.8. The molecule has 2 aromatic carbocycles. The van der Waals surface area contributed by atoms with Crippen molar-refractivity contribution in [2.45, 2.75) is 31.0 Å². The summed E-state index contributed by atoms with van der Waals surface area (Å²) < 4.78 is 47.2. The second-order valence-electron chi connectivity index (χ2n) is 7.51. The number of aromatic nitrogens is 1. The van der Waals surface area contributed by atoms with E-state index in [0.29, 0.717) is 15.3 Å². The maximum atomic E-state index is 13.3. The maximum Gasteiger partial charge on any atom is 0.243 e. The van der Waals surface area contributed by atoms with Gasteiger partial charge < -0.3 is 10.1 Å². The van der Waals surface area contributed by atoms with Gasteiger partial charge in [-0.2, -0.15) is 4.31 Å². The van der Waals surface area contributed by atoms with E-state index in [2.05, 4.69) is 10.3 Å². The van der Waals surface area contributed by atoms with Gasteiger partial charge >= 0.3 is 0 Å². The number of ether oxygens (including phenoxy) is 1. The van der Waals surface area contributed by atoms with Gasteiger partial charge in [0.05, 0.1) is 33.9 Å². The number of halogens is 1. The normalized spacial score (nSPS) is 20.1. The Morgan fingerprint density at radius 2 is 1.97 bits per heavy atom. The number of carbonyl (C=O) groups is 1. The molecule has 0 radical (unpaired) electrons. The summed E-state index contributed by atoms with van der Waals surface area (Å²) in [5.41, 5.74) is 0.929. The van der Waals surface area contributed by atoms with Gasteiger partial charge in [-0.1, -0.05) is 23.5 Å². The third kappa shape index (κ3) is 4.77. The highest BCUT2D eigenvalue weighted by Crippen LogP contribution is 2.27. The maximum absolute atomic E-state index is 13.3. The SMILES string of the molecule is CC1CN(S(=O)(=O)c2cccc(C(=O)CNc3nc4ccc(F)cc4s3)c2)CC(C)O1. The Hall–Kier alpha value is -2.40. The van der Waals surface area contributed by atoms with Crippen molar-refractivity contribution in [3.05, 3.63) is 53.8 Å². The molecule has 0 saturated carbocycles. The van der Waals surface area contributed by atoms with Crippen molar-refractivity contribution in [2.24, 2.45) is 0 Å². The molecule has 1 saturated heterocycles. The number of sulfonamides is 1. The number of Topliss-reactive ketones (excluding diaryl/α,β-unsaturated/α-hetero) is 1. The number of anilines is 1. The van der Waals surface area contributed by atoms with Gasteiger partial charge in [-0.3, -0.25) is 4.79 Å². The van der Waals surface area contributed by atoms with Gasteiger partial charge in [-0.05, 0) is 44.2 Å². The molecule has 0 spiro atoms. The zero-order chi connectivity index (χ0) is 22.2. The zero-order valence-corrected chi connectivity index (χ0v) is 18.7. The van der Waals surface area contributed by atoms with Crippen LogP contribution in [0.25, 0.3) is 10.2 Å². The average Bonchev–Trinajstić information content (AvgIpc) is 3.13. The van der Waals surface area contributed by atoms with E-state index in [1.165, 1.54) is 39.9 Å². The van der Waals surface area contributed by atoms with Crippen LogP contribution in [0.5, 0.6) is 0 Å². The molecule has 0 bridgehead atoms. The van der Waals surface area contributed by atoms with E-state index >= 15 is 0 Å². The summed E-state index contributed by atoms with van der Waals surface area (Å²) in [6.45, 7) is 4.15. The van der Waals surface area contributed by atoms with Gasteiger partial charge in [0.2, 0.25) is 10.0 Å². The monoisotopic (exact) mass is 463 g/mol. The third-order valence-electron chi connectivity index (χ3n) is 4.93. The van der Waals surface area contributed by atoms with Crippen LogP contribution in [0.2, 0.25) is 0 Å². The number of nitrogens with zero attached hydrogens (tertiary/aromatic N) is 2. The molecule has 31 heavy (non-hydrogen) atoms. The number of rotatable bonds is 6. The van der Waals surface area contributed by atoms with Crippen LogP contribution in [-0.2, 0) is 14.8 Å². The minimum absolute atomic E-state index is 0.0581. The van der Waals surface area contributed by atoms with Crippen molar-refractivity contribution in [3.63, 3.8) is 0 Å². The standard InChI is InChI=1S/C21H22FN3O4S2/c1-13-11-25(12-14(2)29-13)31(27,28)17-5-3-4-15(8-17)19(26)10-23-21-24-18-7-6-16(22)9-20(18)30-21/h3-9,13-14H,10-12H2,1-2H3,(H,23,24). The molecular formula is C21H22FN3O4S2. The Morgan fingerprint density at radius 1 is 1.23 bits per heavy atom. The smallest absolute Gasteiger partial charge is 0.243 e. The fourth-order valence-corrected chi connectivity index (χ4v) is 6.06. The van der Waals surface area contributed by atoms with E-state index in [1.807, 2.05) is 13.8 Å². The van der Waals surface area contributed by atoms with E-state index in [4.69, 9.17) is 4.74 Å². The quantitative estimate of drug-likeness (QED) is 0.563. The summed E-state index contributed by atoms with van der Waals surface area (Å²) in [5, 5.41) is 3.44. The molecule has 1 aliphatic heterocycles. The van der Waals surface area contributed by atoms with Gasteiger partial charge in [0.25, 0.3) is 0 Å². The highest BCUT2D eigenvalue weighted by Gasteiger charge is 2.32. The van der Waals surface area contributed by atoms with Gasteiger partial charge in [0.15, 0.2) is 10.9 Å². The van der Waals surface area contributed by atoms with Crippen molar-refractivity contribution in [1.82, 2.24) is 9.29 Å². The van der Waals surface area contributed by atoms with Gasteiger partial charge in [0, 0.05) is 18.7 Å². The number of ketones is 1. The fraction of sp³-hybridized carbons (Fsp3) is 0.333. The molecule has 0 amide bonds. The Morgan fingerprint density at radius 3 is 2.71 bits per heavy atom. The van der Waals surface area contributed by atoms with E-state index in [-0.39, 0.29) is 53.9 Å². The predicted octanol–water partition coefficient (Wildman–Crippen LogP) is 3.53. The molecule has 164 valence electrons. The lowest BCUT2D eigenvalue weighted by Crippen LogP contribution is -2.48. The Balaban J connectivity index is 1.48. The van der Waals surface area contributed by atoms with Crippen LogP contribution in [0.3, 0.4) is 0 Å². The first-order chi connectivity index (χ1) is 14.7. The van der Waals surface area contributed by atoms with Crippen LogP contribution in [0.15, 0.2) is 47.4 Å². The number of carbonyl (C=O) groups excluding carboxylic acids is 1. The lowest BCUT2D eigenvalue weighted by Gasteiger charge is -2.34. The second kappa shape index (κ2) is 8.62. The molecule has 0 aliphatic carbocycles.